The van der Waals surface area contributed by atoms with Crippen molar-refractivity contribution in [3.63, 3.8) is 0 Å². The lowest BCUT2D eigenvalue weighted by Crippen LogP contribution is -2.06. The lowest BCUT2D eigenvalue weighted by atomic mass is 10.2. The van der Waals surface area contributed by atoms with Crippen molar-refractivity contribution in [1.29, 1.82) is 0 Å². The minimum absolute atomic E-state index is 0.504. The molecule has 1 aromatic heterocycles. The van der Waals surface area contributed by atoms with E-state index in [1.807, 2.05) is 37.3 Å². The molecule has 2 rings (SSSR count). The molecule has 110 valence electrons. The monoisotopic (exact) mass is 283 g/mol. The molecule has 0 fully saturated rings. The Morgan fingerprint density at radius 3 is 2.86 bits per heavy atom. The molecule has 0 saturated carbocycles. The van der Waals surface area contributed by atoms with E-state index < -0.39 is 0 Å². The second-order valence-corrected chi connectivity index (χ2v) is 4.71. The van der Waals surface area contributed by atoms with E-state index in [9.17, 15) is 0 Å². The number of hydrogen-bond acceptors (Lipinski definition) is 4. The minimum Gasteiger partial charge on any atom is -0.489 e. The highest BCUT2D eigenvalue weighted by Gasteiger charge is 2.04. The summed E-state index contributed by atoms with van der Waals surface area (Å²) in [4.78, 5) is 8.79. The van der Waals surface area contributed by atoms with Gasteiger partial charge in [0.25, 0.3) is 0 Å². The molecule has 0 saturated heterocycles. The molecule has 1 heterocycles. The summed E-state index contributed by atoms with van der Waals surface area (Å²) in [6.07, 6.45) is 2.64. The number of ether oxygens (including phenoxy) is 1. The van der Waals surface area contributed by atoms with Gasteiger partial charge in [-0.05, 0) is 19.4 Å². The summed E-state index contributed by atoms with van der Waals surface area (Å²) in [5.41, 5.74) is 2.13. The molecule has 1 N–H and O–H groups in total. The third-order valence-corrected chi connectivity index (χ3v) is 3.04. The van der Waals surface area contributed by atoms with Crippen LogP contribution in [0.25, 0.3) is 0 Å². The van der Waals surface area contributed by atoms with Gasteiger partial charge in [0.1, 0.15) is 24.0 Å². The fraction of sp³-hybridized carbons (Fsp3) is 0.294. The first-order chi connectivity index (χ1) is 10.2. The van der Waals surface area contributed by atoms with Crippen LogP contribution >= 0.6 is 0 Å². The molecule has 2 aromatic rings. The molecule has 0 aliphatic rings. The number of anilines is 1. The van der Waals surface area contributed by atoms with E-state index >= 15 is 0 Å². The van der Waals surface area contributed by atoms with Gasteiger partial charge in [0, 0.05) is 23.9 Å². The largest absolute Gasteiger partial charge is 0.489 e. The van der Waals surface area contributed by atoms with Gasteiger partial charge < -0.3 is 10.1 Å². The van der Waals surface area contributed by atoms with Crippen LogP contribution in [-0.2, 0) is 13.0 Å². The molecule has 1 aromatic carbocycles. The van der Waals surface area contributed by atoms with Gasteiger partial charge in [0.05, 0.1) is 0 Å². The molecular formula is C17H21N3O. The summed E-state index contributed by atoms with van der Waals surface area (Å²) < 4.78 is 5.65. The summed E-state index contributed by atoms with van der Waals surface area (Å²) in [6, 6.07) is 9.95. The van der Waals surface area contributed by atoms with E-state index in [1.54, 1.807) is 6.08 Å². The van der Waals surface area contributed by atoms with E-state index in [0.29, 0.717) is 13.2 Å². The van der Waals surface area contributed by atoms with Crippen LogP contribution in [0.4, 0.5) is 5.82 Å². The average molecular weight is 283 g/mol. The lowest BCUT2D eigenvalue weighted by Gasteiger charge is -2.12. The number of hydrogen-bond donors (Lipinski definition) is 1. The summed E-state index contributed by atoms with van der Waals surface area (Å²) in [6.45, 7) is 8.83. The topological polar surface area (TPSA) is 47.0 Å². The predicted octanol–water partition coefficient (Wildman–Crippen LogP) is 3.52. The zero-order valence-corrected chi connectivity index (χ0v) is 12.6. The number of para-hydroxylation sites is 1. The van der Waals surface area contributed by atoms with Crippen LogP contribution in [-0.4, -0.2) is 16.6 Å². The Kier molecular flexibility index (Phi) is 5.32. The highest BCUT2D eigenvalue weighted by Crippen LogP contribution is 2.19. The molecule has 4 nitrogen and oxygen atoms in total. The second kappa shape index (κ2) is 7.43. The van der Waals surface area contributed by atoms with Gasteiger partial charge in [0.15, 0.2) is 0 Å². The van der Waals surface area contributed by atoms with Crippen LogP contribution in [0.2, 0.25) is 0 Å². The molecule has 4 heteroatoms. The van der Waals surface area contributed by atoms with Crippen LogP contribution in [0.1, 0.15) is 24.0 Å². The summed E-state index contributed by atoms with van der Waals surface area (Å²) in [7, 11) is 0. The summed E-state index contributed by atoms with van der Waals surface area (Å²) >= 11 is 0. The van der Waals surface area contributed by atoms with Gasteiger partial charge >= 0.3 is 0 Å². The maximum absolute atomic E-state index is 5.65. The van der Waals surface area contributed by atoms with Gasteiger partial charge in [-0.1, -0.05) is 37.8 Å². The number of aryl methyl sites for hydroxylation is 2. The summed E-state index contributed by atoms with van der Waals surface area (Å²) in [5, 5.41) is 3.34. The predicted molar refractivity (Wildman–Crippen MR) is 85.6 cm³/mol. The van der Waals surface area contributed by atoms with Crippen molar-refractivity contribution >= 4 is 5.82 Å². The third kappa shape index (κ3) is 4.31. The Hall–Kier alpha value is -2.36. The first kappa shape index (κ1) is 15.0. The minimum atomic E-state index is 0.504. The standard InChI is InChI=1S/C17H21N3O/c1-4-10-21-16-9-7-6-8-14(16)12-18-17-11-15(5-2)19-13(3)20-17/h4,6-9,11H,1,5,10,12H2,2-3H3,(H,18,19,20). The Labute approximate surface area is 125 Å². The van der Waals surface area contributed by atoms with Gasteiger partial charge in [-0.25, -0.2) is 9.97 Å². The Morgan fingerprint density at radius 1 is 1.29 bits per heavy atom. The molecular weight excluding hydrogens is 262 g/mol. The van der Waals surface area contributed by atoms with Crippen LogP contribution in [0.15, 0.2) is 43.0 Å². The fourth-order valence-corrected chi connectivity index (χ4v) is 2.03. The highest BCUT2D eigenvalue weighted by atomic mass is 16.5. The third-order valence-electron chi connectivity index (χ3n) is 3.04. The van der Waals surface area contributed by atoms with Crippen molar-refractivity contribution < 1.29 is 4.74 Å². The van der Waals surface area contributed by atoms with E-state index in [2.05, 4.69) is 28.8 Å². The smallest absolute Gasteiger partial charge is 0.130 e. The molecule has 0 radical (unpaired) electrons. The van der Waals surface area contributed by atoms with Crippen molar-refractivity contribution in [2.24, 2.45) is 0 Å². The SMILES string of the molecule is C=CCOc1ccccc1CNc1cc(CC)nc(C)n1. The average Bonchev–Trinajstić information content (AvgIpc) is 2.51. The quantitative estimate of drug-likeness (QED) is 0.790. The molecule has 0 unspecified atom stereocenters. The van der Waals surface area contributed by atoms with E-state index in [4.69, 9.17) is 4.74 Å². The zero-order chi connectivity index (χ0) is 15.1. The Bertz CT molecular complexity index is 611. The van der Waals surface area contributed by atoms with Gasteiger partial charge in [-0.2, -0.15) is 0 Å². The maximum Gasteiger partial charge on any atom is 0.130 e. The van der Waals surface area contributed by atoms with Crippen molar-refractivity contribution in [3.05, 3.63) is 60.1 Å². The number of nitrogens with one attached hydrogen (secondary N) is 1. The molecule has 0 aliphatic heterocycles. The van der Waals surface area contributed by atoms with Crippen LogP contribution < -0.4 is 10.1 Å². The van der Waals surface area contributed by atoms with E-state index in [-0.39, 0.29) is 0 Å². The summed E-state index contributed by atoms with van der Waals surface area (Å²) in [5.74, 6) is 2.50. The number of benzene rings is 1. The van der Waals surface area contributed by atoms with Crippen LogP contribution in [0.5, 0.6) is 5.75 Å². The Balaban J connectivity index is 2.09. The van der Waals surface area contributed by atoms with Crippen LogP contribution in [0.3, 0.4) is 0 Å². The number of rotatable bonds is 7. The van der Waals surface area contributed by atoms with Crippen molar-refractivity contribution in [3.8, 4) is 5.75 Å². The number of nitrogens with zero attached hydrogens (tertiary/aromatic N) is 2. The molecule has 0 amide bonds. The van der Waals surface area contributed by atoms with Crippen molar-refractivity contribution in [1.82, 2.24) is 9.97 Å². The second-order valence-electron chi connectivity index (χ2n) is 4.71. The highest BCUT2D eigenvalue weighted by molar-refractivity contribution is 5.40. The fourth-order valence-electron chi connectivity index (χ4n) is 2.03. The molecule has 0 aliphatic carbocycles. The van der Waals surface area contributed by atoms with Gasteiger partial charge in [0.2, 0.25) is 0 Å². The van der Waals surface area contributed by atoms with Crippen molar-refractivity contribution in [2.45, 2.75) is 26.8 Å². The molecule has 0 atom stereocenters. The molecule has 0 spiro atoms. The number of aromatic nitrogens is 2. The molecule has 0 bridgehead atoms. The Morgan fingerprint density at radius 2 is 2.10 bits per heavy atom. The zero-order valence-electron chi connectivity index (χ0n) is 12.6. The van der Waals surface area contributed by atoms with Gasteiger partial charge in [-0.15, -0.1) is 0 Å². The normalized spacial score (nSPS) is 10.2. The molecule has 21 heavy (non-hydrogen) atoms. The first-order valence-electron chi connectivity index (χ1n) is 7.13. The van der Waals surface area contributed by atoms with Crippen LogP contribution in [0, 0.1) is 6.92 Å². The van der Waals surface area contributed by atoms with E-state index in [1.165, 1.54) is 0 Å². The maximum atomic E-state index is 5.65. The lowest BCUT2D eigenvalue weighted by molar-refractivity contribution is 0.359. The van der Waals surface area contributed by atoms with E-state index in [0.717, 1.165) is 35.1 Å². The first-order valence-corrected chi connectivity index (χ1v) is 7.13. The van der Waals surface area contributed by atoms with Gasteiger partial charge in [-0.3, -0.25) is 0 Å². The van der Waals surface area contributed by atoms with Crippen molar-refractivity contribution in [2.75, 3.05) is 11.9 Å².